The van der Waals surface area contributed by atoms with E-state index in [1.807, 2.05) is 49.4 Å². The molecule has 1 fully saturated rings. The Labute approximate surface area is 207 Å². The molecule has 5 nitrogen and oxygen atoms in total. The van der Waals surface area contributed by atoms with Crippen LogP contribution in [0.25, 0.3) is 5.76 Å². The number of carbonyl (C=O) groups excluding carboxylic acids is 2. The fraction of sp³-hybridized carbons (Fsp3) is 0.214. The van der Waals surface area contributed by atoms with Crippen molar-refractivity contribution in [2.75, 3.05) is 11.5 Å². The summed E-state index contributed by atoms with van der Waals surface area (Å²) in [7, 11) is 0. The third-order valence-electron chi connectivity index (χ3n) is 5.60. The topological polar surface area (TPSA) is 66.8 Å². The van der Waals surface area contributed by atoms with Gasteiger partial charge in [0.2, 0.25) is 0 Å². The Bertz CT molecular complexity index is 1260. The molecule has 1 aliphatic rings. The standard InChI is InChI=1S/C28H26BrNO4/c1-17(2)16-34-23-9-5-7-20(15-23)25-24(26(31)19-10-12-21(29)13-11-19)27(32)28(33)30(25)22-8-4-6-18(3)14-22/h4-15,17,25,31H,16H2,1-3H3/b26-24+. The SMILES string of the molecule is Cc1cccc(N2C(=O)C(=O)/C(=C(/O)c3ccc(Br)cc3)C2c2cccc(OCC(C)C)c2)c1. The maximum absolute atomic E-state index is 13.3. The van der Waals surface area contributed by atoms with Gasteiger partial charge in [-0.05, 0) is 60.4 Å². The van der Waals surface area contributed by atoms with Gasteiger partial charge in [-0.15, -0.1) is 0 Å². The van der Waals surface area contributed by atoms with Crippen molar-refractivity contribution in [2.24, 2.45) is 5.92 Å². The van der Waals surface area contributed by atoms with Crippen molar-refractivity contribution in [2.45, 2.75) is 26.8 Å². The molecule has 0 spiro atoms. The highest BCUT2D eigenvalue weighted by molar-refractivity contribution is 9.10. The highest BCUT2D eigenvalue weighted by Gasteiger charge is 2.47. The normalized spacial score (nSPS) is 17.4. The molecule has 0 radical (unpaired) electrons. The number of Topliss-reactive ketones (excluding diaryl/α,β-unsaturated/α-hetero) is 1. The molecule has 0 bridgehead atoms. The molecule has 3 aromatic carbocycles. The number of hydrogen-bond acceptors (Lipinski definition) is 4. The largest absolute Gasteiger partial charge is 0.507 e. The molecule has 0 aliphatic carbocycles. The monoisotopic (exact) mass is 519 g/mol. The average Bonchev–Trinajstić information content (AvgIpc) is 3.08. The molecule has 0 saturated carbocycles. The van der Waals surface area contributed by atoms with E-state index in [0.717, 1.165) is 10.0 Å². The van der Waals surface area contributed by atoms with Gasteiger partial charge in [0.15, 0.2) is 0 Å². The number of aliphatic hydroxyl groups excluding tert-OH is 1. The van der Waals surface area contributed by atoms with Crippen LogP contribution in [0.15, 0.2) is 82.8 Å². The van der Waals surface area contributed by atoms with E-state index in [9.17, 15) is 14.7 Å². The van der Waals surface area contributed by atoms with Crippen molar-refractivity contribution in [1.82, 2.24) is 0 Å². The van der Waals surface area contributed by atoms with Gasteiger partial charge in [0.05, 0.1) is 18.2 Å². The predicted octanol–water partition coefficient (Wildman–Crippen LogP) is 6.42. The van der Waals surface area contributed by atoms with Crippen LogP contribution in [0.2, 0.25) is 0 Å². The van der Waals surface area contributed by atoms with Gasteiger partial charge in [0.25, 0.3) is 11.7 Å². The summed E-state index contributed by atoms with van der Waals surface area (Å²) in [6.45, 7) is 6.60. The molecule has 4 rings (SSSR count). The Morgan fingerprint density at radius 3 is 2.41 bits per heavy atom. The van der Waals surface area contributed by atoms with E-state index in [1.54, 1.807) is 30.3 Å². The summed E-state index contributed by atoms with van der Waals surface area (Å²) in [6, 6.07) is 21.0. The molecule has 174 valence electrons. The molecule has 1 heterocycles. The number of aryl methyl sites for hydroxylation is 1. The number of benzene rings is 3. The molecule has 0 aromatic heterocycles. The van der Waals surface area contributed by atoms with Crippen LogP contribution in [0.1, 0.15) is 36.6 Å². The molecular formula is C28H26BrNO4. The zero-order chi connectivity index (χ0) is 24.4. The minimum Gasteiger partial charge on any atom is -0.507 e. The van der Waals surface area contributed by atoms with Crippen LogP contribution in [-0.2, 0) is 9.59 Å². The number of carbonyl (C=O) groups is 2. The molecule has 3 aromatic rings. The summed E-state index contributed by atoms with van der Waals surface area (Å²) in [6.07, 6.45) is 0. The van der Waals surface area contributed by atoms with Crippen LogP contribution in [0.5, 0.6) is 5.75 Å². The number of nitrogens with zero attached hydrogens (tertiary/aromatic N) is 1. The molecule has 1 amide bonds. The third kappa shape index (κ3) is 4.77. The van der Waals surface area contributed by atoms with E-state index < -0.39 is 17.7 Å². The summed E-state index contributed by atoms with van der Waals surface area (Å²) < 4.78 is 6.75. The van der Waals surface area contributed by atoms with E-state index in [1.165, 1.54) is 4.90 Å². The molecule has 6 heteroatoms. The van der Waals surface area contributed by atoms with Crippen LogP contribution < -0.4 is 9.64 Å². The van der Waals surface area contributed by atoms with Crippen LogP contribution in [-0.4, -0.2) is 23.4 Å². The molecule has 1 N–H and O–H groups in total. The summed E-state index contributed by atoms with van der Waals surface area (Å²) in [5.74, 6) is -0.619. The maximum atomic E-state index is 13.3. The van der Waals surface area contributed by atoms with Gasteiger partial charge >= 0.3 is 0 Å². The highest BCUT2D eigenvalue weighted by Crippen LogP contribution is 2.43. The number of aliphatic hydroxyl groups is 1. The number of ether oxygens (including phenoxy) is 1. The first kappa shape index (κ1) is 23.8. The number of rotatable bonds is 6. The number of ketones is 1. The summed E-state index contributed by atoms with van der Waals surface area (Å²) in [5.41, 5.74) is 2.74. The number of amides is 1. The first-order valence-corrected chi connectivity index (χ1v) is 11.9. The number of anilines is 1. The first-order chi connectivity index (χ1) is 16.3. The van der Waals surface area contributed by atoms with Crippen molar-refractivity contribution < 1.29 is 19.4 Å². The van der Waals surface area contributed by atoms with Gasteiger partial charge in [-0.1, -0.05) is 66.2 Å². The lowest BCUT2D eigenvalue weighted by atomic mass is 9.95. The van der Waals surface area contributed by atoms with Gasteiger partial charge < -0.3 is 9.84 Å². The van der Waals surface area contributed by atoms with Crippen molar-refractivity contribution >= 4 is 39.1 Å². The second-order valence-electron chi connectivity index (χ2n) is 8.79. The quantitative estimate of drug-likeness (QED) is 0.232. The molecule has 34 heavy (non-hydrogen) atoms. The zero-order valence-electron chi connectivity index (χ0n) is 19.3. The van der Waals surface area contributed by atoms with E-state index >= 15 is 0 Å². The molecule has 1 unspecified atom stereocenters. The van der Waals surface area contributed by atoms with E-state index in [-0.39, 0.29) is 11.3 Å². The zero-order valence-corrected chi connectivity index (χ0v) is 20.9. The third-order valence-corrected chi connectivity index (χ3v) is 6.13. The lowest BCUT2D eigenvalue weighted by molar-refractivity contribution is -0.132. The summed E-state index contributed by atoms with van der Waals surface area (Å²) in [5, 5.41) is 11.2. The molecule has 1 aliphatic heterocycles. The molecular weight excluding hydrogens is 494 g/mol. The lowest BCUT2D eigenvalue weighted by Crippen LogP contribution is -2.29. The van der Waals surface area contributed by atoms with Crippen molar-refractivity contribution in [3.63, 3.8) is 0 Å². The minimum absolute atomic E-state index is 0.0508. The van der Waals surface area contributed by atoms with Gasteiger partial charge in [-0.3, -0.25) is 14.5 Å². The summed E-state index contributed by atoms with van der Waals surface area (Å²) in [4.78, 5) is 28.0. The van der Waals surface area contributed by atoms with E-state index in [0.29, 0.717) is 35.1 Å². The number of halogens is 1. The van der Waals surface area contributed by atoms with Crippen LogP contribution >= 0.6 is 15.9 Å². The predicted molar refractivity (Wildman–Crippen MR) is 137 cm³/mol. The fourth-order valence-corrected chi connectivity index (χ4v) is 4.26. The molecule has 1 saturated heterocycles. The average molecular weight is 520 g/mol. The van der Waals surface area contributed by atoms with Gasteiger partial charge in [-0.25, -0.2) is 0 Å². The Hall–Kier alpha value is -3.38. The van der Waals surface area contributed by atoms with E-state index in [2.05, 4.69) is 29.8 Å². The molecule has 1 atom stereocenters. The number of hydrogen-bond donors (Lipinski definition) is 1. The van der Waals surface area contributed by atoms with Gasteiger partial charge in [-0.2, -0.15) is 0 Å². The highest BCUT2D eigenvalue weighted by atomic mass is 79.9. The van der Waals surface area contributed by atoms with E-state index in [4.69, 9.17) is 4.74 Å². The van der Waals surface area contributed by atoms with Gasteiger partial charge in [0, 0.05) is 15.7 Å². The Kier molecular flexibility index (Phi) is 6.89. The Morgan fingerprint density at radius 1 is 1.03 bits per heavy atom. The first-order valence-electron chi connectivity index (χ1n) is 11.1. The van der Waals surface area contributed by atoms with Crippen LogP contribution in [0.4, 0.5) is 5.69 Å². The van der Waals surface area contributed by atoms with Crippen LogP contribution in [0, 0.1) is 12.8 Å². The van der Waals surface area contributed by atoms with Crippen molar-refractivity contribution in [3.05, 3.63) is 99.5 Å². The Balaban J connectivity index is 1.89. The second kappa shape index (κ2) is 9.85. The Morgan fingerprint density at radius 2 is 1.74 bits per heavy atom. The maximum Gasteiger partial charge on any atom is 0.300 e. The van der Waals surface area contributed by atoms with Gasteiger partial charge in [0.1, 0.15) is 11.5 Å². The smallest absolute Gasteiger partial charge is 0.300 e. The fourth-order valence-electron chi connectivity index (χ4n) is 3.99. The minimum atomic E-state index is -0.798. The second-order valence-corrected chi connectivity index (χ2v) is 9.71. The van der Waals surface area contributed by atoms with Crippen molar-refractivity contribution in [3.8, 4) is 5.75 Å². The summed E-state index contributed by atoms with van der Waals surface area (Å²) >= 11 is 3.39. The lowest BCUT2D eigenvalue weighted by Gasteiger charge is -2.26. The van der Waals surface area contributed by atoms with Crippen LogP contribution in [0.3, 0.4) is 0 Å². The van der Waals surface area contributed by atoms with Crippen molar-refractivity contribution in [1.29, 1.82) is 0 Å².